The van der Waals surface area contributed by atoms with E-state index in [2.05, 4.69) is 32.9 Å². The number of hydrogen-bond donors (Lipinski definition) is 1. The molecule has 0 aliphatic heterocycles. The van der Waals surface area contributed by atoms with Crippen LogP contribution >= 0.6 is 0 Å². The highest BCUT2D eigenvalue weighted by Gasteiger charge is 2.26. The lowest BCUT2D eigenvalue weighted by Gasteiger charge is -2.28. The van der Waals surface area contributed by atoms with Crippen LogP contribution in [0.5, 0.6) is 5.75 Å². The monoisotopic (exact) mass is 250 g/mol. The zero-order chi connectivity index (χ0) is 14.0. The lowest BCUT2D eigenvalue weighted by Crippen LogP contribution is -2.37. The molecule has 2 nitrogen and oxygen atoms in total. The van der Waals surface area contributed by atoms with Crippen LogP contribution in [0.2, 0.25) is 0 Å². The van der Waals surface area contributed by atoms with Gasteiger partial charge in [-0.2, -0.15) is 0 Å². The SMILES string of the molecule is CC(C)C(C)(O)COc1cccc(C(C)(C)C)c1. The molecular formula is C16H26O2. The summed E-state index contributed by atoms with van der Waals surface area (Å²) in [5.41, 5.74) is 0.557. The van der Waals surface area contributed by atoms with E-state index in [0.29, 0.717) is 6.61 Å². The molecule has 2 heteroatoms. The molecule has 1 aromatic rings. The molecule has 0 fully saturated rings. The van der Waals surface area contributed by atoms with Crippen LogP contribution in [0.15, 0.2) is 24.3 Å². The summed E-state index contributed by atoms with van der Waals surface area (Å²) in [5, 5.41) is 10.2. The highest BCUT2D eigenvalue weighted by molar-refractivity contribution is 5.32. The van der Waals surface area contributed by atoms with Crippen molar-refractivity contribution in [3.63, 3.8) is 0 Å². The molecule has 0 bridgehead atoms. The van der Waals surface area contributed by atoms with Gasteiger partial charge in [0.15, 0.2) is 0 Å². The summed E-state index contributed by atoms with van der Waals surface area (Å²) >= 11 is 0. The molecule has 0 heterocycles. The number of rotatable bonds is 4. The molecule has 0 saturated heterocycles. The van der Waals surface area contributed by atoms with Crippen LogP contribution < -0.4 is 4.74 Å². The smallest absolute Gasteiger partial charge is 0.119 e. The zero-order valence-electron chi connectivity index (χ0n) is 12.4. The van der Waals surface area contributed by atoms with Crippen molar-refractivity contribution in [2.75, 3.05) is 6.61 Å². The molecule has 1 atom stereocenters. The first kappa shape index (κ1) is 15.0. The Bertz CT molecular complexity index is 386. The topological polar surface area (TPSA) is 29.5 Å². The maximum absolute atomic E-state index is 10.2. The first-order chi connectivity index (χ1) is 8.13. The van der Waals surface area contributed by atoms with Gasteiger partial charge in [0.05, 0.1) is 5.60 Å². The Morgan fingerprint density at radius 3 is 2.28 bits per heavy atom. The Morgan fingerprint density at radius 2 is 1.78 bits per heavy atom. The van der Waals surface area contributed by atoms with Crippen LogP contribution in [0.1, 0.15) is 47.1 Å². The number of ether oxygens (including phenoxy) is 1. The van der Waals surface area contributed by atoms with Crippen molar-refractivity contribution < 1.29 is 9.84 Å². The second kappa shape index (κ2) is 5.31. The predicted octanol–water partition coefficient (Wildman–Crippen LogP) is 3.77. The summed E-state index contributed by atoms with van der Waals surface area (Å²) < 4.78 is 5.72. The predicted molar refractivity (Wildman–Crippen MR) is 76.1 cm³/mol. The van der Waals surface area contributed by atoms with Crippen molar-refractivity contribution in [1.29, 1.82) is 0 Å². The average molecular weight is 250 g/mol. The van der Waals surface area contributed by atoms with E-state index in [1.807, 2.05) is 32.9 Å². The van der Waals surface area contributed by atoms with E-state index in [1.165, 1.54) is 5.56 Å². The molecule has 1 aromatic carbocycles. The van der Waals surface area contributed by atoms with Gasteiger partial charge in [-0.25, -0.2) is 0 Å². The maximum Gasteiger partial charge on any atom is 0.119 e. The largest absolute Gasteiger partial charge is 0.491 e. The van der Waals surface area contributed by atoms with E-state index < -0.39 is 5.60 Å². The number of benzene rings is 1. The highest BCUT2D eigenvalue weighted by Crippen LogP contribution is 2.26. The van der Waals surface area contributed by atoms with Crippen molar-refractivity contribution >= 4 is 0 Å². The van der Waals surface area contributed by atoms with Gasteiger partial charge in [-0.15, -0.1) is 0 Å². The Labute approximate surface area is 111 Å². The molecule has 18 heavy (non-hydrogen) atoms. The minimum atomic E-state index is -0.794. The molecule has 1 rings (SSSR count). The minimum Gasteiger partial charge on any atom is -0.491 e. The van der Waals surface area contributed by atoms with E-state index in [1.54, 1.807) is 0 Å². The van der Waals surface area contributed by atoms with Gasteiger partial charge in [0, 0.05) is 0 Å². The first-order valence-electron chi connectivity index (χ1n) is 6.58. The van der Waals surface area contributed by atoms with Crippen LogP contribution in [-0.2, 0) is 5.41 Å². The molecule has 0 aliphatic rings. The second-order valence-corrected chi connectivity index (χ2v) is 6.58. The third kappa shape index (κ3) is 4.02. The van der Waals surface area contributed by atoms with Crippen molar-refractivity contribution in [3.05, 3.63) is 29.8 Å². The van der Waals surface area contributed by atoms with Gasteiger partial charge in [0.1, 0.15) is 12.4 Å². The van der Waals surface area contributed by atoms with Gasteiger partial charge in [0.25, 0.3) is 0 Å². The summed E-state index contributed by atoms with van der Waals surface area (Å²) in [6.07, 6.45) is 0. The molecule has 0 aliphatic carbocycles. The molecule has 1 N–H and O–H groups in total. The van der Waals surface area contributed by atoms with Gasteiger partial charge in [-0.05, 0) is 36.0 Å². The summed E-state index contributed by atoms with van der Waals surface area (Å²) in [6.45, 7) is 12.6. The summed E-state index contributed by atoms with van der Waals surface area (Å²) in [4.78, 5) is 0. The minimum absolute atomic E-state index is 0.111. The average Bonchev–Trinajstić information content (AvgIpc) is 2.25. The maximum atomic E-state index is 10.2. The molecule has 0 spiro atoms. The normalized spacial score (nSPS) is 15.6. The summed E-state index contributed by atoms with van der Waals surface area (Å²) in [5.74, 6) is 0.992. The molecule has 102 valence electrons. The number of aliphatic hydroxyl groups is 1. The van der Waals surface area contributed by atoms with Crippen LogP contribution in [0.3, 0.4) is 0 Å². The molecule has 0 amide bonds. The summed E-state index contributed by atoms with van der Waals surface area (Å²) in [7, 11) is 0. The Morgan fingerprint density at radius 1 is 1.17 bits per heavy atom. The fourth-order valence-electron chi connectivity index (χ4n) is 1.45. The van der Waals surface area contributed by atoms with Gasteiger partial charge < -0.3 is 9.84 Å². The number of hydrogen-bond acceptors (Lipinski definition) is 2. The van der Waals surface area contributed by atoms with Gasteiger partial charge in [-0.1, -0.05) is 46.8 Å². The molecule has 0 radical (unpaired) electrons. The fourth-order valence-corrected chi connectivity index (χ4v) is 1.45. The summed E-state index contributed by atoms with van der Waals surface area (Å²) in [6, 6.07) is 8.09. The van der Waals surface area contributed by atoms with E-state index in [-0.39, 0.29) is 11.3 Å². The van der Waals surface area contributed by atoms with E-state index >= 15 is 0 Å². The van der Waals surface area contributed by atoms with E-state index in [4.69, 9.17) is 4.74 Å². The van der Waals surface area contributed by atoms with Crippen molar-refractivity contribution in [2.45, 2.75) is 52.6 Å². The van der Waals surface area contributed by atoms with E-state index in [9.17, 15) is 5.11 Å². The van der Waals surface area contributed by atoms with Gasteiger partial charge in [-0.3, -0.25) is 0 Å². The third-order valence-electron chi connectivity index (χ3n) is 3.47. The van der Waals surface area contributed by atoms with Gasteiger partial charge >= 0.3 is 0 Å². The van der Waals surface area contributed by atoms with E-state index in [0.717, 1.165) is 5.75 Å². The molecular weight excluding hydrogens is 224 g/mol. The van der Waals surface area contributed by atoms with Crippen molar-refractivity contribution in [1.82, 2.24) is 0 Å². The Kier molecular flexibility index (Phi) is 4.44. The zero-order valence-corrected chi connectivity index (χ0v) is 12.4. The molecule has 0 saturated carbocycles. The second-order valence-electron chi connectivity index (χ2n) is 6.58. The van der Waals surface area contributed by atoms with Crippen LogP contribution in [0.4, 0.5) is 0 Å². The van der Waals surface area contributed by atoms with Crippen LogP contribution in [0, 0.1) is 5.92 Å². The highest BCUT2D eigenvalue weighted by atomic mass is 16.5. The lowest BCUT2D eigenvalue weighted by molar-refractivity contribution is -0.0266. The third-order valence-corrected chi connectivity index (χ3v) is 3.47. The molecule has 1 unspecified atom stereocenters. The fraction of sp³-hybridized carbons (Fsp3) is 0.625. The van der Waals surface area contributed by atoms with Crippen LogP contribution in [0.25, 0.3) is 0 Å². The van der Waals surface area contributed by atoms with Crippen LogP contribution in [-0.4, -0.2) is 17.3 Å². The van der Waals surface area contributed by atoms with Crippen molar-refractivity contribution in [3.8, 4) is 5.75 Å². The van der Waals surface area contributed by atoms with Crippen molar-refractivity contribution in [2.24, 2.45) is 5.92 Å². The lowest BCUT2D eigenvalue weighted by atomic mass is 9.87. The molecule has 0 aromatic heterocycles. The first-order valence-corrected chi connectivity index (χ1v) is 6.58. The Hall–Kier alpha value is -1.02. The standard InChI is InChI=1S/C16H26O2/c1-12(2)16(6,17)11-18-14-9-7-8-13(10-14)15(3,4)5/h7-10,12,17H,11H2,1-6H3. The quantitative estimate of drug-likeness (QED) is 0.881. The Balaban J connectivity index is 2.75. The van der Waals surface area contributed by atoms with Gasteiger partial charge in [0.2, 0.25) is 0 Å².